The molecule has 0 saturated heterocycles. The minimum Gasteiger partial charge on any atom is -0.497 e. The molecule has 0 radical (unpaired) electrons. The summed E-state index contributed by atoms with van der Waals surface area (Å²) in [5.74, 6) is 1.57. The number of aromatic nitrogens is 3. The number of hydrogen-bond donors (Lipinski definition) is 1. The Hall–Kier alpha value is -2.25. The van der Waals surface area contributed by atoms with Gasteiger partial charge in [-0.05, 0) is 41.4 Å². The average Bonchev–Trinajstić information content (AvgIpc) is 3.17. The molecule has 3 aromatic rings. The molecular formula is C15H14N4OS2. The summed E-state index contributed by atoms with van der Waals surface area (Å²) < 4.78 is 7.33. The van der Waals surface area contributed by atoms with Gasteiger partial charge in [-0.15, -0.1) is 11.3 Å². The monoisotopic (exact) mass is 330 g/mol. The first-order chi connectivity index (χ1) is 10.8. The second kappa shape index (κ2) is 6.67. The van der Waals surface area contributed by atoms with E-state index in [1.807, 2.05) is 35.7 Å². The first kappa shape index (κ1) is 14.7. The first-order valence-corrected chi connectivity index (χ1v) is 7.92. The van der Waals surface area contributed by atoms with E-state index in [0.29, 0.717) is 11.2 Å². The number of thiophene rings is 1. The molecule has 22 heavy (non-hydrogen) atoms. The lowest BCUT2D eigenvalue weighted by Crippen LogP contribution is -1.99. The van der Waals surface area contributed by atoms with Crippen LogP contribution in [0.25, 0.3) is 0 Å². The van der Waals surface area contributed by atoms with Crippen molar-refractivity contribution in [3.63, 3.8) is 0 Å². The van der Waals surface area contributed by atoms with E-state index in [4.69, 9.17) is 17.0 Å². The fourth-order valence-electron chi connectivity index (χ4n) is 1.97. The Bertz CT molecular complexity index is 833. The first-order valence-electron chi connectivity index (χ1n) is 6.63. The highest BCUT2D eigenvalue weighted by atomic mass is 32.1. The smallest absolute Gasteiger partial charge is 0.216 e. The van der Waals surface area contributed by atoms with Gasteiger partial charge in [0.25, 0.3) is 0 Å². The van der Waals surface area contributed by atoms with Crippen LogP contribution in [0.5, 0.6) is 5.75 Å². The van der Waals surface area contributed by atoms with Crippen LogP contribution in [0.15, 0.2) is 46.9 Å². The normalized spacial score (nSPS) is 11.1. The van der Waals surface area contributed by atoms with E-state index in [1.165, 1.54) is 4.88 Å². The van der Waals surface area contributed by atoms with Gasteiger partial charge in [0.15, 0.2) is 5.82 Å². The van der Waals surface area contributed by atoms with Crippen LogP contribution >= 0.6 is 23.6 Å². The lowest BCUT2D eigenvalue weighted by atomic mass is 10.2. The van der Waals surface area contributed by atoms with Crippen molar-refractivity contribution in [1.29, 1.82) is 0 Å². The zero-order valence-corrected chi connectivity index (χ0v) is 13.5. The zero-order chi connectivity index (χ0) is 15.4. The van der Waals surface area contributed by atoms with Crippen LogP contribution in [0.3, 0.4) is 0 Å². The molecule has 1 N–H and O–H groups in total. The summed E-state index contributed by atoms with van der Waals surface area (Å²) in [6, 6.07) is 11.8. The number of methoxy groups -OCH3 is 1. The summed E-state index contributed by atoms with van der Waals surface area (Å²) in [6.45, 7) is 0. The third-order valence-electron chi connectivity index (χ3n) is 3.05. The number of nitrogens with zero attached hydrogens (tertiary/aromatic N) is 3. The molecule has 0 amide bonds. The second-order valence-electron chi connectivity index (χ2n) is 4.53. The van der Waals surface area contributed by atoms with Crippen molar-refractivity contribution < 1.29 is 4.74 Å². The van der Waals surface area contributed by atoms with E-state index in [2.05, 4.69) is 21.4 Å². The van der Waals surface area contributed by atoms with E-state index in [9.17, 15) is 0 Å². The van der Waals surface area contributed by atoms with Gasteiger partial charge in [0.2, 0.25) is 4.77 Å². The second-order valence-corrected chi connectivity index (χ2v) is 5.95. The van der Waals surface area contributed by atoms with Crippen molar-refractivity contribution in [3.05, 3.63) is 62.8 Å². The molecule has 2 heterocycles. The van der Waals surface area contributed by atoms with Gasteiger partial charge in [-0.25, -0.2) is 0 Å². The molecule has 0 saturated carbocycles. The predicted octanol–water partition coefficient (Wildman–Crippen LogP) is 3.48. The van der Waals surface area contributed by atoms with Crippen LogP contribution in [-0.4, -0.2) is 28.2 Å². The Kier molecular flexibility index (Phi) is 4.45. The number of hydrogen-bond acceptors (Lipinski definition) is 5. The highest BCUT2D eigenvalue weighted by molar-refractivity contribution is 7.71. The molecule has 0 spiro atoms. The van der Waals surface area contributed by atoms with Crippen LogP contribution in [0.1, 0.15) is 16.3 Å². The third-order valence-corrected chi connectivity index (χ3v) is 4.19. The number of H-pyrrole nitrogens is 1. The van der Waals surface area contributed by atoms with Crippen molar-refractivity contribution >= 4 is 29.8 Å². The average molecular weight is 330 g/mol. The molecule has 2 aromatic heterocycles. The summed E-state index contributed by atoms with van der Waals surface area (Å²) >= 11 is 6.93. The standard InChI is InChI=1S/C15H14N4OS2/c1-20-12-5-2-4-11(8-12)10-16-19-14(17-18-15(19)21)9-13-6-3-7-22-13/h2-8,10H,9H2,1H3,(H,18,21)/b16-10-. The number of ether oxygens (including phenoxy) is 1. The lowest BCUT2D eigenvalue weighted by molar-refractivity contribution is 0.415. The third kappa shape index (κ3) is 3.32. The molecule has 0 aliphatic carbocycles. The highest BCUT2D eigenvalue weighted by Gasteiger charge is 2.06. The van der Waals surface area contributed by atoms with Crippen molar-refractivity contribution in [2.45, 2.75) is 6.42 Å². The molecule has 112 valence electrons. The van der Waals surface area contributed by atoms with Crippen LogP contribution in [0.4, 0.5) is 0 Å². The predicted molar refractivity (Wildman–Crippen MR) is 90.5 cm³/mol. The summed E-state index contributed by atoms with van der Waals surface area (Å²) in [5.41, 5.74) is 0.935. The van der Waals surface area contributed by atoms with Crippen molar-refractivity contribution in [2.75, 3.05) is 7.11 Å². The van der Waals surface area contributed by atoms with Gasteiger partial charge in [0.1, 0.15) is 5.75 Å². The number of benzene rings is 1. The lowest BCUT2D eigenvalue weighted by Gasteiger charge is -2.01. The molecule has 1 aromatic carbocycles. The minimum absolute atomic E-state index is 0.478. The molecule has 3 rings (SSSR count). The maximum atomic E-state index is 5.24. The molecule has 5 nitrogen and oxygen atoms in total. The van der Waals surface area contributed by atoms with Crippen molar-refractivity contribution in [3.8, 4) is 5.75 Å². The molecule has 0 fully saturated rings. The van der Waals surface area contributed by atoms with E-state index in [-0.39, 0.29) is 0 Å². The molecule has 0 aliphatic rings. The van der Waals surface area contributed by atoms with Crippen LogP contribution in [0, 0.1) is 4.77 Å². The maximum Gasteiger partial charge on any atom is 0.216 e. The van der Waals surface area contributed by atoms with Crippen LogP contribution in [0.2, 0.25) is 0 Å². The molecule has 0 unspecified atom stereocenters. The largest absolute Gasteiger partial charge is 0.497 e. The number of nitrogens with one attached hydrogen (secondary N) is 1. The highest BCUT2D eigenvalue weighted by Crippen LogP contribution is 2.14. The summed E-state index contributed by atoms with van der Waals surface area (Å²) in [4.78, 5) is 1.21. The topological polar surface area (TPSA) is 55.2 Å². The van der Waals surface area contributed by atoms with Gasteiger partial charge in [-0.1, -0.05) is 18.2 Å². The zero-order valence-electron chi connectivity index (χ0n) is 11.9. The summed E-state index contributed by atoms with van der Waals surface area (Å²) in [7, 11) is 1.64. The van der Waals surface area contributed by atoms with E-state index >= 15 is 0 Å². The van der Waals surface area contributed by atoms with Crippen molar-refractivity contribution in [2.24, 2.45) is 5.10 Å². The van der Waals surface area contributed by atoms with Crippen LogP contribution in [-0.2, 0) is 6.42 Å². The summed E-state index contributed by atoms with van der Waals surface area (Å²) in [5, 5.41) is 13.5. The molecule has 0 atom stereocenters. The van der Waals surface area contributed by atoms with E-state index in [1.54, 1.807) is 29.3 Å². The van der Waals surface area contributed by atoms with Crippen LogP contribution < -0.4 is 4.74 Å². The van der Waals surface area contributed by atoms with Gasteiger partial charge >= 0.3 is 0 Å². The fraction of sp³-hybridized carbons (Fsp3) is 0.133. The van der Waals surface area contributed by atoms with Crippen molar-refractivity contribution in [1.82, 2.24) is 14.9 Å². The Balaban J connectivity index is 1.86. The molecule has 0 aliphatic heterocycles. The molecular weight excluding hydrogens is 316 g/mol. The van der Waals surface area contributed by atoms with Gasteiger partial charge < -0.3 is 4.74 Å². The fourth-order valence-corrected chi connectivity index (χ4v) is 2.87. The van der Waals surface area contributed by atoms with Gasteiger partial charge in [0.05, 0.1) is 13.3 Å². The molecule has 7 heteroatoms. The quantitative estimate of drug-likeness (QED) is 0.575. The molecule has 0 bridgehead atoms. The van der Waals surface area contributed by atoms with Gasteiger partial charge in [-0.2, -0.15) is 14.9 Å². The van der Waals surface area contributed by atoms with Gasteiger partial charge in [-0.3, -0.25) is 5.10 Å². The number of aromatic amines is 1. The Morgan fingerprint density at radius 2 is 2.32 bits per heavy atom. The SMILES string of the molecule is COc1cccc(/C=N\n2c(Cc3cccs3)n[nH]c2=S)c1. The summed E-state index contributed by atoms with van der Waals surface area (Å²) in [6.07, 6.45) is 2.44. The van der Waals surface area contributed by atoms with Gasteiger partial charge in [0, 0.05) is 11.3 Å². The van der Waals surface area contributed by atoms with E-state index < -0.39 is 0 Å². The van der Waals surface area contributed by atoms with E-state index in [0.717, 1.165) is 17.1 Å². The minimum atomic E-state index is 0.478. The maximum absolute atomic E-state index is 5.24. The number of rotatable bonds is 5. The Morgan fingerprint density at radius 3 is 3.09 bits per heavy atom. The Labute approximate surface area is 136 Å². The Morgan fingerprint density at radius 1 is 1.41 bits per heavy atom.